The summed E-state index contributed by atoms with van der Waals surface area (Å²) in [6.45, 7) is 1.25. The van der Waals surface area contributed by atoms with E-state index in [0.29, 0.717) is 19.0 Å². The van der Waals surface area contributed by atoms with Crippen molar-refractivity contribution >= 4 is 29.4 Å². The number of halogens is 2. The van der Waals surface area contributed by atoms with Crippen LogP contribution >= 0.6 is 29.4 Å². The third-order valence-electron chi connectivity index (χ3n) is 2.71. The van der Waals surface area contributed by atoms with Crippen LogP contribution in [0.2, 0.25) is 0 Å². The molecular formula is C15H24BrClN4O2. The molecule has 0 spiro atoms. The highest BCUT2D eigenvalue weighted by molar-refractivity contribution is 8.93. The molecule has 0 amide bonds. The average molecular weight is 408 g/mol. The number of H-pyrrole nitrogens is 1. The van der Waals surface area contributed by atoms with Gasteiger partial charge >= 0.3 is 0 Å². The van der Waals surface area contributed by atoms with Crippen molar-refractivity contribution in [3.8, 4) is 5.88 Å². The maximum Gasteiger partial charge on any atom is 0.248 e. The summed E-state index contributed by atoms with van der Waals surface area (Å²) in [5, 5.41) is 0. The van der Waals surface area contributed by atoms with E-state index in [1.807, 2.05) is 18.2 Å². The van der Waals surface area contributed by atoms with E-state index in [1.165, 1.54) is 5.56 Å². The number of nitrogens with zero attached hydrogens (tertiary/aromatic N) is 1. The fourth-order valence-electron chi connectivity index (χ4n) is 1.70. The minimum absolute atomic E-state index is 0. The summed E-state index contributed by atoms with van der Waals surface area (Å²) < 4.78 is 4.95. The Morgan fingerprint density at radius 3 is 2.26 bits per heavy atom. The van der Waals surface area contributed by atoms with Gasteiger partial charge in [0.25, 0.3) is 0 Å². The number of rotatable bonds is 5. The second kappa shape index (κ2) is 14.2. The number of methoxy groups -OCH3 is 1. The maximum absolute atomic E-state index is 10.7. The Bertz CT molecular complexity index is 595. The van der Waals surface area contributed by atoms with Crippen LogP contribution in [0.3, 0.4) is 0 Å². The van der Waals surface area contributed by atoms with Crippen molar-refractivity contribution in [2.75, 3.05) is 20.2 Å². The molecule has 0 fully saturated rings. The Morgan fingerprint density at radius 2 is 1.74 bits per heavy atom. The Kier molecular flexibility index (Phi) is 14.7. The summed E-state index contributed by atoms with van der Waals surface area (Å²) in [6, 6.07) is 7.25. The van der Waals surface area contributed by atoms with Crippen LogP contribution in [-0.4, -0.2) is 30.2 Å². The van der Waals surface area contributed by atoms with E-state index in [0.717, 1.165) is 18.4 Å². The predicted octanol–water partition coefficient (Wildman–Crippen LogP) is 1.47. The van der Waals surface area contributed by atoms with Crippen LogP contribution in [0.25, 0.3) is 0 Å². The normalized spacial score (nSPS) is 8.83. The van der Waals surface area contributed by atoms with Gasteiger partial charge in [0.15, 0.2) is 0 Å². The van der Waals surface area contributed by atoms with Crippen molar-refractivity contribution in [3.05, 3.63) is 58.1 Å². The molecule has 0 saturated carbocycles. The van der Waals surface area contributed by atoms with E-state index in [2.05, 4.69) is 9.97 Å². The predicted molar refractivity (Wildman–Crippen MR) is 101 cm³/mol. The van der Waals surface area contributed by atoms with Gasteiger partial charge in [-0.2, -0.15) is 0 Å². The minimum atomic E-state index is -0.0639. The van der Waals surface area contributed by atoms with Gasteiger partial charge in [-0.25, -0.2) is 4.98 Å². The first kappa shape index (κ1) is 23.9. The van der Waals surface area contributed by atoms with E-state index in [-0.39, 0.29) is 34.9 Å². The van der Waals surface area contributed by atoms with E-state index in [9.17, 15) is 4.79 Å². The molecule has 0 aliphatic carbocycles. The summed E-state index contributed by atoms with van der Waals surface area (Å²) in [7, 11) is 1.61. The van der Waals surface area contributed by atoms with E-state index < -0.39 is 0 Å². The van der Waals surface area contributed by atoms with Crippen molar-refractivity contribution in [1.82, 2.24) is 9.97 Å². The Hall–Kier alpha value is -1.41. The topological polar surface area (TPSA) is 107 Å². The number of nitrogens with one attached hydrogen (secondary N) is 1. The average Bonchev–Trinajstić information content (AvgIpc) is 2.49. The molecule has 0 aliphatic heterocycles. The lowest BCUT2D eigenvalue weighted by atomic mass is 10.2. The third kappa shape index (κ3) is 10.1. The van der Waals surface area contributed by atoms with E-state index in [1.54, 1.807) is 25.6 Å². The molecule has 8 heteroatoms. The molecular weight excluding hydrogens is 384 g/mol. The molecule has 2 heterocycles. The highest BCUT2D eigenvalue weighted by atomic mass is 79.9. The Labute approximate surface area is 152 Å². The number of hydrogen-bond acceptors (Lipinski definition) is 5. The molecule has 23 heavy (non-hydrogen) atoms. The van der Waals surface area contributed by atoms with Crippen LogP contribution in [-0.2, 0) is 12.8 Å². The highest BCUT2D eigenvalue weighted by Gasteiger charge is 1.94. The van der Waals surface area contributed by atoms with Crippen molar-refractivity contribution in [2.45, 2.75) is 12.8 Å². The molecule has 0 unspecified atom stereocenters. The minimum Gasteiger partial charge on any atom is -0.481 e. The zero-order valence-electron chi connectivity index (χ0n) is 13.0. The van der Waals surface area contributed by atoms with Crippen LogP contribution in [0.15, 0.2) is 41.5 Å². The number of ether oxygens (including phenoxy) is 1. The first-order chi connectivity index (χ1) is 10.2. The lowest BCUT2D eigenvalue weighted by molar-refractivity contribution is 0.397. The standard InChI is InChI=1S/C8H12N2O.C7H10N2O.BrH.ClH/c1-11-8-6-7(2-4-9)3-5-10-8;8-3-1-6-2-4-9-7(10)5-6;;/h3,5-6H,2,4,9H2,1H3;2,4-5H,1,3,8H2,(H,9,10);2*1H. The van der Waals surface area contributed by atoms with Crippen molar-refractivity contribution in [2.24, 2.45) is 11.5 Å². The SMILES string of the molecule is Br.COc1cc(CCN)ccn1.Cl.NCCc1cc[nH]c(=O)c1. The molecule has 2 aromatic heterocycles. The second-order valence-corrected chi connectivity index (χ2v) is 4.34. The number of nitrogens with two attached hydrogens (primary N) is 2. The van der Waals surface area contributed by atoms with Crippen LogP contribution in [0, 0.1) is 0 Å². The lowest BCUT2D eigenvalue weighted by Crippen LogP contribution is -2.08. The summed E-state index contributed by atoms with van der Waals surface area (Å²) in [6.07, 6.45) is 5.00. The molecule has 0 saturated heterocycles. The van der Waals surface area contributed by atoms with Gasteiger partial charge in [-0.15, -0.1) is 29.4 Å². The molecule has 6 nitrogen and oxygen atoms in total. The second-order valence-electron chi connectivity index (χ2n) is 4.34. The van der Waals surface area contributed by atoms with Gasteiger partial charge in [0.1, 0.15) is 0 Å². The lowest BCUT2D eigenvalue weighted by Gasteiger charge is -2.00. The zero-order valence-corrected chi connectivity index (χ0v) is 15.6. The fourth-order valence-corrected chi connectivity index (χ4v) is 1.70. The summed E-state index contributed by atoms with van der Waals surface area (Å²) in [5.74, 6) is 0.649. The van der Waals surface area contributed by atoms with Crippen molar-refractivity contribution in [1.29, 1.82) is 0 Å². The zero-order chi connectivity index (χ0) is 15.5. The summed E-state index contributed by atoms with van der Waals surface area (Å²) in [4.78, 5) is 17.2. The van der Waals surface area contributed by atoms with Crippen LogP contribution in [0.5, 0.6) is 5.88 Å². The molecule has 0 radical (unpaired) electrons. The van der Waals surface area contributed by atoms with Gasteiger partial charge in [0.2, 0.25) is 11.4 Å². The van der Waals surface area contributed by atoms with Gasteiger partial charge in [0.05, 0.1) is 7.11 Å². The first-order valence-corrected chi connectivity index (χ1v) is 6.76. The molecule has 0 aliphatic rings. The quantitative estimate of drug-likeness (QED) is 0.695. The third-order valence-corrected chi connectivity index (χ3v) is 2.71. The molecule has 2 rings (SSSR count). The fraction of sp³-hybridized carbons (Fsp3) is 0.333. The first-order valence-electron chi connectivity index (χ1n) is 6.76. The van der Waals surface area contributed by atoms with Crippen molar-refractivity contribution < 1.29 is 4.74 Å². The summed E-state index contributed by atoms with van der Waals surface area (Å²) >= 11 is 0. The maximum atomic E-state index is 10.7. The number of hydrogen-bond donors (Lipinski definition) is 3. The monoisotopic (exact) mass is 406 g/mol. The smallest absolute Gasteiger partial charge is 0.248 e. The number of aromatic nitrogens is 2. The van der Waals surface area contributed by atoms with Crippen LogP contribution in [0.4, 0.5) is 0 Å². The van der Waals surface area contributed by atoms with Gasteiger partial charge in [-0.1, -0.05) is 0 Å². The van der Waals surface area contributed by atoms with E-state index in [4.69, 9.17) is 16.2 Å². The highest BCUT2D eigenvalue weighted by Crippen LogP contribution is 2.07. The Morgan fingerprint density at radius 1 is 1.13 bits per heavy atom. The molecule has 130 valence electrons. The molecule has 2 aromatic rings. The molecule has 0 aromatic carbocycles. The van der Waals surface area contributed by atoms with Crippen LogP contribution in [0.1, 0.15) is 11.1 Å². The van der Waals surface area contributed by atoms with Gasteiger partial charge in [-0.3, -0.25) is 4.79 Å². The van der Waals surface area contributed by atoms with E-state index >= 15 is 0 Å². The Balaban J connectivity index is 0. The van der Waals surface area contributed by atoms with Crippen molar-refractivity contribution in [3.63, 3.8) is 0 Å². The molecule has 5 N–H and O–H groups in total. The number of pyridine rings is 2. The summed E-state index contributed by atoms with van der Waals surface area (Å²) in [5.41, 5.74) is 12.8. The van der Waals surface area contributed by atoms with Gasteiger partial charge < -0.3 is 21.2 Å². The molecule has 0 bridgehead atoms. The molecule has 0 atom stereocenters. The largest absolute Gasteiger partial charge is 0.481 e. The number of aromatic amines is 1. The van der Waals surface area contributed by atoms with Gasteiger partial charge in [0, 0.05) is 24.5 Å². The van der Waals surface area contributed by atoms with Crippen LogP contribution < -0.4 is 21.8 Å². The van der Waals surface area contributed by atoms with Gasteiger partial charge in [-0.05, 0) is 49.2 Å².